The first-order valence-corrected chi connectivity index (χ1v) is 9.95. The number of carbonyl (C=O) groups excluding carboxylic acids is 2. The molecule has 0 aliphatic carbocycles. The van der Waals surface area contributed by atoms with Crippen molar-refractivity contribution in [3.05, 3.63) is 52.2 Å². The lowest BCUT2D eigenvalue weighted by Gasteiger charge is -2.33. The number of benzene rings is 1. The van der Waals surface area contributed by atoms with E-state index in [2.05, 4.69) is 10.7 Å². The number of hydrogen-bond acceptors (Lipinski definition) is 4. The standard InChI is InChI=1S/C20H22N2O3S/c23-19(22-8-9-25-18(12-22)16-7-10-26-13-16)6-5-15-11-14-3-1-2-4-17(14)21-20(15)24/h1-4,7,10,13,15,18H,5-6,8-9,11-12H2,(H,21,24). The summed E-state index contributed by atoms with van der Waals surface area (Å²) in [6.45, 7) is 1.78. The van der Waals surface area contributed by atoms with E-state index in [-0.39, 0.29) is 23.8 Å². The number of ether oxygens (including phenoxy) is 1. The van der Waals surface area contributed by atoms with E-state index in [1.165, 1.54) is 0 Å². The Kier molecular flexibility index (Phi) is 5.04. The van der Waals surface area contributed by atoms with E-state index in [1.807, 2.05) is 40.6 Å². The van der Waals surface area contributed by atoms with Crippen molar-refractivity contribution in [2.24, 2.45) is 5.92 Å². The van der Waals surface area contributed by atoms with Gasteiger partial charge in [-0.3, -0.25) is 9.59 Å². The Bertz CT molecular complexity index is 790. The topological polar surface area (TPSA) is 58.6 Å². The van der Waals surface area contributed by atoms with Gasteiger partial charge in [0.15, 0.2) is 0 Å². The predicted molar refractivity (Wildman–Crippen MR) is 101 cm³/mol. The zero-order valence-electron chi connectivity index (χ0n) is 14.5. The van der Waals surface area contributed by atoms with E-state index < -0.39 is 0 Å². The average Bonchev–Trinajstić information content (AvgIpc) is 3.21. The molecule has 1 aromatic carbocycles. The highest BCUT2D eigenvalue weighted by Gasteiger charge is 2.29. The third kappa shape index (κ3) is 3.66. The fourth-order valence-electron chi connectivity index (χ4n) is 3.64. The van der Waals surface area contributed by atoms with Gasteiger partial charge in [-0.05, 0) is 46.9 Å². The van der Waals surface area contributed by atoms with Gasteiger partial charge in [-0.1, -0.05) is 18.2 Å². The fraction of sp³-hybridized carbons (Fsp3) is 0.400. The van der Waals surface area contributed by atoms with Crippen molar-refractivity contribution in [3.63, 3.8) is 0 Å². The van der Waals surface area contributed by atoms with Crippen LogP contribution in [0.4, 0.5) is 5.69 Å². The zero-order valence-corrected chi connectivity index (χ0v) is 15.3. The molecule has 2 aliphatic rings. The number of rotatable bonds is 4. The molecule has 2 aliphatic heterocycles. The molecule has 2 unspecified atom stereocenters. The van der Waals surface area contributed by atoms with Crippen molar-refractivity contribution < 1.29 is 14.3 Å². The molecule has 1 N–H and O–H groups in total. The number of nitrogens with one attached hydrogen (secondary N) is 1. The first-order chi connectivity index (χ1) is 12.7. The largest absolute Gasteiger partial charge is 0.370 e. The normalized spacial score (nSPS) is 22.6. The fourth-order valence-corrected chi connectivity index (χ4v) is 4.34. The molecule has 2 aromatic rings. The molecule has 0 bridgehead atoms. The van der Waals surface area contributed by atoms with Crippen LogP contribution in [0, 0.1) is 5.92 Å². The molecule has 0 radical (unpaired) electrons. The lowest BCUT2D eigenvalue weighted by atomic mass is 9.89. The van der Waals surface area contributed by atoms with Crippen LogP contribution >= 0.6 is 11.3 Å². The number of hydrogen-bond donors (Lipinski definition) is 1. The van der Waals surface area contributed by atoms with Gasteiger partial charge in [0.1, 0.15) is 6.10 Å². The first kappa shape index (κ1) is 17.2. The average molecular weight is 370 g/mol. The zero-order chi connectivity index (χ0) is 17.9. The van der Waals surface area contributed by atoms with E-state index in [0.717, 1.165) is 16.8 Å². The predicted octanol–water partition coefficient (Wildman–Crippen LogP) is 3.24. The maximum atomic E-state index is 12.6. The number of nitrogens with zero attached hydrogens (tertiary/aromatic N) is 1. The van der Waals surface area contributed by atoms with Crippen LogP contribution in [-0.2, 0) is 20.7 Å². The SMILES string of the molecule is O=C1Nc2ccccc2CC1CCC(=O)N1CCOC(c2ccsc2)C1. The lowest BCUT2D eigenvalue weighted by Crippen LogP contribution is -2.42. The Labute approximate surface area is 157 Å². The quantitative estimate of drug-likeness (QED) is 0.899. The Balaban J connectivity index is 1.33. The van der Waals surface area contributed by atoms with Crippen molar-refractivity contribution in [1.82, 2.24) is 4.90 Å². The van der Waals surface area contributed by atoms with Crippen LogP contribution in [-0.4, -0.2) is 36.4 Å². The highest BCUT2D eigenvalue weighted by molar-refractivity contribution is 7.07. The molecule has 3 heterocycles. The number of thiophene rings is 1. The van der Waals surface area contributed by atoms with E-state index >= 15 is 0 Å². The summed E-state index contributed by atoms with van der Waals surface area (Å²) in [6, 6.07) is 9.92. The molecule has 1 fully saturated rings. The van der Waals surface area contributed by atoms with Crippen LogP contribution in [0.2, 0.25) is 0 Å². The highest BCUT2D eigenvalue weighted by Crippen LogP contribution is 2.28. The van der Waals surface area contributed by atoms with Crippen molar-refractivity contribution in [3.8, 4) is 0 Å². The molecule has 4 rings (SSSR count). The van der Waals surface area contributed by atoms with Crippen molar-refractivity contribution in [1.29, 1.82) is 0 Å². The van der Waals surface area contributed by atoms with Crippen LogP contribution < -0.4 is 5.32 Å². The van der Waals surface area contributed by atoms with Gasteiger partial charge < -0.3 is 15.0 Å². The summed E-state index contributed by atoms with van der Waals surface area (Å²) in [7, 11) is 0. The van der Waals surface area contributed by atoms with Crippen LogP contribution in [0.5, 0.6) is 0 Å². The summed E-state index contributed by atoms with van der Waals surface area (Å²) in [5, 5.41) is 7.05. The van der Waals surface area contributed by atoms with Gasteiger partial charge >= 0.3 is 0 Å². The maximum absolute atomic E-state index is 12.6. The van der Waals surface area contributed by atoms with Crippen LogP contribution in [0.1, 0.15) is 30.1 Å². The summed E-state index contributed by atoms with van der Waals surface area (Å²) in [5.74, 6) is -0.00243. The minimum absolute atomic E-state index is 0.0228. The molecular weight excluding hydrogens is 348 g/mol. The van der Waals surface area contributed by atoms with Gasteiger partial charge in [0.25, 0.3) is 0 Å². The maximum Gasteiger partial charge on any atom is 0.227 e. The second kappa shape index (κ2) is 7.60. The third-order valence-corrected chi connectivity index (χ3v) is 5.85. The molecule has 136 valence electrons. The van der Waals surface area contributed by atoms with Crippen molar-refractivity contribution in [2.75, 3.05) is 25.0 Å². The summed E-state index contributed by atoms with van der Waals surface area (Å²) in [5.41, 5.74) is 3.18. The van der Waals surface area contributed by atoms with Crippen molar-refractivity contribution in [2.45, 2.75) is 25.4 Å². The summed E-state index contributed by atoms with van der Waals surface area (Å²) in [6.07, 6.45) is 1.65. The summed E-state index contributed by atoms with van der Waals surface area (Å²) in [4.78, 5) is 26.8. The molecule has 0 spiro atoms. The molecule has 5 nitrogen and oxygen atoms in total. The third-order valence-electron chi connectivity index (χ3n) is 5.15. The van der Waals surface area contributed by atoms with Gasteiger partial charge in [-0.25, -0.2) is 0 Å². The number of morpholine rings is 1. The van der Waals surface area contributed by atoms with Crippen LogP contribution in [0.15, 0.2) is 41.1 Å². The molecule has 26 heavy (non-hydrogen) atoms. The molecule has 0 saturated carbocycles. The number of amides is 2. The van der Waals surface area contributed by atoms with E-state index in [1.54, 1.807) is 11.3 Å². The Morgan fingerprint density at radius 1 is 1.31 bits per heavy atom. The van der Waals surface area contributed by atoms with Crippen molar-refractivity contribution >= 4 is 28.8 Å². The number of anilines is 1. The number of carbonyl (C=O) groups is 2. The van der Waals surface area contributed by atoms with E-state index in [9.17, 15) is 9.59 Å². The first-order valence-electron chi connectivity index (χ1n) is 9.01. The highest BCUT2D eigenvalue weighted by atomic mass is 32.1. The Morgan fingerprint density at radius 2 is 2.19 bits per heavy atom. The molecule has 6 heteroatoms. The van der Waals surface area contributed by atoms with Gasteiger partial charge in [0.05, 0.1) is 13.2 Å². The Hall–Kier alpha value is -2.18. The summed E-state index contributed by atoms with van der Waals surface area (Å²) < 4.78 is 5.80. The number of fused-ring (bicyclic) bond motifs is 1. The number of para-hydroxylation sites is 1. The molecule has 2 atom stereocenters. The minimum atomic E-state index is -0.137. The minimum Gasteiger partial charge on any atom is -0.370 e. The van der Waals surface area contributed by atoms with Gasteiger partial charge in [-0.2, -0.15) is 11.3 Å². The smallest absolute Gasteiger partial charge is 0.227 e. The molecular formula is C20H22N2O3S. The van der Waals surface area contributed by atoms with Gasteiger partial charge in [0.2, 0.25) is 11.8 Å². The molecule has 1 aromatic heterocycles. The van der Waals surface area contributed by atoms with Crippen LogP contribution in [0.3, 0.4) is 0 Å². The monoisotopic (exact) mass is 370 g/mol. The molecule has 1 saturated heterocycles. The van der Waals surface area contributed by atoms with Crippen LogP contribution in [0.25, 0.3) is 0 Å². The second-order valence-electron chi connectivity index (χ2n) is 6.84. The van der Waals surface area contributed by atoms with E-state index in [0.29, 0.717) is 39.0 Å². The summed E-state index contributed by atoms with van der Waals surface area (Å²) >= 11 is 1.64. The van der Waals surface area contributed by atoms with Gasteiger partial charge in [0, 0.05) is 24.6 Å². The van der Waals surface area contributed by atoms with E-state index in [4.69, 9.17) is 4.74 Å². The molecule has 2 amide bonds. The Morgan fingerprint density at radius 3 is 3.04 bits per heavy atom. The second-order valence-corrected chi connectivity index (χ2v) is 7.62. The lowest BCUT2D eigenvalue weighted by molar-refractivity contribution is -0.139. The van der Waals surface area contributed by atoms with Gasteiger partial charge in [-0.15, -0.1) is 0 Å².